The first-order chi connectivity index (χ1) is 6.16. The van der Waals surface area contributed by atoms with Crippen LogP contribution in [0.5, 0.6) is 0 Å². The lowest BCUT2D eigenvalue weighted by atomic mass is 10.0. The molecule has 13 heavy (non-hydrogen) atoms. The predicted octanol–water partition coefficient (Wildman–Crippen LogP) is 0.304. The van der Waals surface area contributed by atoms with Gasteiger partial charge in [-0.15, -0.1) is 0 Å². The van der Waals surface area contributed by atoms with E-state index in [1.54, 1.807) is 0 Å². The molecule has 0 amide bonds. The molecule has 4 atom stereocenters. The Morgan fingerprint density at radius 2 is 1.92 bits per heavy atom. The summed E-state index contributed by atoms with van der Waals surface area (Å²) in [6, 6.07) is 0. The van der Waals surface area contributed by atoms with Crippen LogP contribution in [0.25, 0.3) is 0 Å². The van der Waals surface area contributed by atoms with E-state index in [0.717, 1.165) is 0 Å². The van der Waals surface area contributed by atoms with Crippen LogP contribution in [-0.4, -0.2) is 43.4 Å². The fraction of sp³-hybridized carbons (Fsp3) is 1.00. The van der Waals surface area contributed by atoms with Crippen molar-refractivity contribution in [2.45, 2.75) is 44.1 Å². The van der Waals surface area contributed by atoms with Crippen LogP contribution in [0.4, 0.5) is 0 Å². The number of rotatable bonds is 0. The third-order valence-corrected chi connectivity index (χ3v) is 2.80. The highest BCUT2D eigenvalue weighted by molar-refractivity contribution is 5.01. The molecule has 2 unspecified atom stereocenters. The molecule has 0 bridgehead atoms. The monoisotopic (exact) mass is 186 g/mol. The summed E-state index contributed by atoms with van der Waals surface area (Å²) in [6.45, 7) is 5.16. The van der Waals surface area contributed by atoms with E-state index in [1.807, 2.05) is 13.8 Å². The smallest absolute Gasteiger partial charge is 0.163 e. The molecule has 3 rings (SSSR count). The summed E-state index contributed by atoms with van der Waals surface area (Å²) in [5, 5.41) is 0. The van der Waals surface area contributed by atoms with Gasteiger partial charge in [0, 0.05) is 0 Å². The average molecular weight is 186 g/mol. The molecule has 3 fully saturated rings. The van der Waals surface area contributed by atoms with Crippen molar-refractivity contribution >= 4 is 0 Å². The molecule has 0 aromatic carbocycles. The molecule has 0 saturated carbocycles. The van der Waals surface area contributed by atoms with Crippen LogP contribution in [0, 0.1) is 0 Å². The molecule has 3 heterocycles. The Hall–Kier alpha value is -0.160. The topological polar surface area (TPSA) is 40.2 Å². The Labute approximate surface area is 77.1 Å². The molecule has 3 aliphatic rings. The van der Waals surface area contributed by atoms with Crippen molar-refractivity contribution < 1.29 is 18.9 Å². The molecule has 0 radical (unpaired) electrons. The first kappa shape index (κ1) is 8.17. The van der Waals surface area contributed by atoms with Crippen LogP contribution >= 0.6 is 0 Å². The fourth-order valence-corrected chi connectivity index (χ4v) is 2.03. The maximum absolute atomic E-state index is 5.76. The van der Waals surface area contributed by atoms with Gasteiger partial charge in [0.25, 0.3) is 0 Å². The minimum absolute atomic E-state index is 0.0665. The van der Waals surface area contributed by atoms with Crippen molar-refractivity contribution in [3.63, 3.8) is 0 Å². The lowest BCUT2D eigenvalue weighted by Crippen LogP contribution is -2.54. The second kappa shape index (κ2) is 2.45. The Morgan fingerprint density at radius 1 is 1.08 bits per heavy atom. The van der Waals surface area contributed by atoms with Crippen molar-refractivity contribution in [3.05, 3.63) is 0 Å². The van der Waals surface area contributed by atoms with Gasteiger partial charge in [-0.2, -0.15) is 0 Å². The van der Waals surface area contributed by atoms with Gasteiger partial charge in [0.2, 0.25) is 0 Å². The average Bonchev–Trinajstić information content (AvgIpc) is 2.81. The third kappa shape index (κ3) is 1.29. The Balaban J connectivity index is 1.77. The summed E-state index contributed by atoms with van der Waals surface area (Å²) in [7, 11) is 0. The maximum Gasteiger partial charge on any atom is 0.163 e. The van der Waals surface area contributed by atoms with E-state index in [4.69, 9.17) is 18.9 Å². The number of hydrogen-bond donors (Lipinski definition) is 0. The minimum atomic E-state index is -0.488. The van der Waals surface area contributed by atoms with Gasteiger partial charge in [-0.3, -0.25) is 0 Å². The second-order valence-corrected chi connectivity index (χ2v) is 4.30. The van der Waals surface area contributed by atoms with E-state index in [-0.39, 0.29) is 24.4 Å². The fourth-order valence-electron chi connectivity index (χ4n) is 2.03. The molecule has 3 saturated heterocycles. The van der Waals surface area contributed by atoms with Gasteiger partial charge in [-0.25, -0.2) is 0 Å². The highest BCUT2D eigenvalue weighted by Gasteiger charge is 2.56. The molecule has 3 aliphatic heterocycles. The van der Waals surface area contributed by atoms with Gasteiger partial charge in [0.1, 0.15) is 24.4 Å². The summed E-state index contributed by atoms with van der Waals surface area (Å²) in [5.74, 6) is -0.488. The number of epoxide rings is 1. The number of ether oxygens (including phenoxy) is 4. The SMILES string of the molecule is CC1(C)OC[C@H]2OCC3OC3[C@@H]2O1. The van der Waals surface area contributed by atoms with Crippen molar-refractivity contribution in [2.24, 2.45) is 0 Å². The molecule has 0 spiro atoms. The Bertz CT molecular complexity index is 228. The van der Waals surface area contributed by atoms with E-state index in [2.05, 4.69) is 0 Å². The maximum atomic E-state index is 5.76. The van der Waals surface area contributed by atoms with Crippen LogP contribution < -0.4 is 0 Å². The lowest BCUT2D eigenvalue weighted by molar-refractivity contribution is -0.316. The van der Waals surface area contributed by atoms with Gasteiger partial charge in [0.05, 0.1) is 13.2 Å². The molecular formula is C9H14O4. The van der Waals surface area contributed by atoms with E-state index in [0.29, 0.717) is 13.2 Å². The van der Waals surface area contributed by atoms with Crippen molar-refractivity contribution in [2.75, 3.05) is 13.2 Å². The first-order valence-electron chi connectivity index (χ1n) is 4.74. The van der Waals surface area contributed by atoms with Crippen molar-refractivity contribution in [3.8, 4) is 0 Å². The highest BCUT2D eigenvalue weighted by Crippen LogP contribution is 2.39. The van der Waals surface area contributed by atoms with Crippen LogP contribution in [0.3, 0.4) is 0 Å². The second-order valence-electron chi connectivity index (χ2n) is 4.30. The third-order valence-electron chi connectivity index (χ3n) is 2.80. The molecule has 74 valence electrons. The van der Waals surface area contributed by atoms with Gasteiger partial charge in [-0.05, 0) is 13.8 Å². The van der Waals surface area contributed by atoms with E-state index in [9.17, 15) is 0 Å². The number of hydrogen-bond acceptors (Lipinski definition) is 4. The van der Waals surface area contributed by atoms with Gasteiger partial charge < -0.3 is 18.9 Å². The quantitative estimate of drug-likeness (QED) is 0.510. The molecular weight excluding hydrogens is 172 g/mol. The summed E-state index contributed by atoms with van der Waals surface area (Å²) >= 11 is 0. The molecule has 0 aliphatic carbocycles. The predicted molar refractivity (Wildman–Crippen MR) is 43.3 cm³/mol. The molecule has 0 aromatic heterocycles. The van der Waals surface area contributed by atoms with Crippen LogP contribution in [0.15, 0.2) is 0 Å². The zero-order valence-electron chi connectivity index (χ0n) is 7.86. The van der Waals surface area contributed by atoms with Gasteiger partial charge in [-0.1, -0.05) is 0 Å². The Kier molecular flexibility index (Phi) is 1.54. The van der Waals surface area contributed by atoms with Gasteiger partial charge in [0.15, 0.2) is 5.79 Å². The van der Waals surface area contributed by atoms with E-state index in [1.165, 1.54) is 0 Å². The zero-order valence-corrected chi connectivity index (χ0v) is 7.86. The van der Waals surface area contributed by atoms with Crippen LogP contribution in [0.1, 0.15) is 13.8 Å². The highest BCUT2D eigenvalue weighted by atomic mass is 16.8. The lowest BCUT2D eigenvalue weighted by Gasteiger charge is -2.41. The summed E-state index contributed by atoms with van der Waals surface area (Å²) in [5.41, 5.74) is 0. The van der Waals surface area contributed by atoms with E-state index >= 15 is 0 Å². The summed E-state index contributed by atoms with van der Waals surface area (Å²) in [4.78, 5) is 0. The zero-order chi connectivity index (χ0) is 9.05. The van der Waals surface area contributed by atoms with Crippen molar-refractivity contribution in [1.29, 1.82) is 0 Å². The van der Waals surface area contributed by atoms with Crippen LogP contribution in [-0.2, 0) is 18.9 Å². The largest absolute Gasteiger partial charge is 0.370 e. The first-order valence-corrected chi connectivity index (χ1v) is 4.74. The normalized spacial score (nSPS) is 52.2. The summed E-state index contributed by atoms with van der Waals surface area (Å²) < 4.78 is 22.2. The van der Waals surface area contributed by atoms with Gasteiger partial charge >= 0.3 is 0 Å². The Morgan fingerprint density at radius 3 is 2.77 bits per heavy atom. The minimum Gasteiger partial charge on any atom is -0.370 e. The van der Waals surface area contributed by atoms with Crippen LogP contribution in [0.2, 0.25) is 0 Å². The molecule has 4 heteroatoms. The van der Waals surface area contributed by atoms with Crippen molar-refractivity contribution in [1.82, 2.24) is 0 Å². The number of fused-ring (bicyclic) bond motifs is 3. The summed E-state index contributed by atoms with van der Waals surface area (Å²) in [6.07, 6.45) is 0.663. The van der Waals surface area contributed by atoms with E-state index < -0.39 is 5.79 Å². The molecule has 0 aromatic rings. The molecule has 4 nitrogen and oxygen atoms in total. The standard InChI is InChI=1S/C9H14O4/c1-9(2)11-4-5-8(13-9)7-6(12-7)3-10-5/h5-8H,3-4H2,1-2H3/t5-,6?,7?,8-/m1/s1. The molecule has 0 N–H and O–H groups in total.